The van der Waals surface area contributed by atoms with Crippen LogP contribution in [0.5, 0.6) is 0 Å². The molecule has 1 aromatic heterocycles. The van der Waals surface area contributed by atoms with Crippen molar-refractivity contribution in [3.05, 3.63) is 255 Å². The molecule has 64 heavy (non-hydrogen) atoms. The van der Waals surface area contributed by atoms with Gasteiger partial charge in [0.2, 0.25) is 0 Å². The highest BCUT2D eigenvalue weighted by atomic mass is 15.1. The smallest absolute Gasteiger partial charge is 0.0547 e. The van der Waals surface area contributed by atoms with Gasteiger partial charge in [-0.2, -0.15) is 0 Å². The summed E-state index contributed by atoms with van der Waals surface area (Å²) in [6.07, 6.45) is 0. The number of benzene rings is 11. The van der Waals surface area contributed by atoms with E-state index >= 15 is 0 Å². The van der Waals surface area contributed by atoms with Crippen LogP contribution in [0.1, 0.15) is 0 Å². The van der Waals surface area contributed by atoms with Gasteiger partial charge in [0.25, 0.3) is 0 Å². The quantitative estimate of drug-likeness (QED) is 0.148. The van der Waals surface area contributed by atoms with E-state index in [1.165, 1.54) is 71.2 Å². The number of para-hydroxylation sites is 2. The molecule has 0 aliphatic carbocycles. The van der Waals surface area contributed by atoms with Crippen LogP contribution in [0, 0.1) is 0 Å². The predicted molar refractivity (Wildman–Crippen MR) is 272 cm³/mol. The Morgan fingerprint density at radius 3 is 1.55 bits per heavy atom. The van der Waals surface area contributed by atoms with Gasteiger partial charge in [-0.3, -0.25) is 0 Å². The average Bonchev–Trinajstić information content (AvgIpc) is 3.72. The van der Waals surface area contributed by atoms with E-state index in [9.17, 15) is 0 Å². The molecule has 0 radical (unpaired) electrons. The van der Waals surface area contributed by atoms with E-state index in [1.807, 2.05) is 0 Å². The number of anilines is 3. The Morgan fingerprint density at radius 2 is 0.797 bits per heavy atom. The molecule has 11 aromatic carbocycles. The summed E-state index contributed by atoms with van der Waals surface area (Å²) in [5.41, 5.74) is 16.3. The van der Waals surface area contributed by atoms with Crippen molar-refractivity contribution in [2.75, 3.05) is 4.90 Å². The van der Waals surface area contributed by atoms with Crippen LogP contribution in [0.2, 0.25) is 0 Å². The Balaban J connectivity index is 1.02. The van der Waals surface area contributed by atoms with Crippen molar-refractivity contribution in [3.63, 3.8) is 0 Å². The second kappa shape index (κ2) is 15.8. The van der Waals surface area contributed by atoms with Gasteiger partial charge in [-0.1, -0.05) is 200 Å². The van der Waals surface area contributed by atoms with Crippen LogP contribution in [-0.2, 0) is 0 Å². The predicted octanol–water partition coefficient (Wildman–Crippen LogP) is 17.2. The largest absolute Gasteiger partial charge is 0.310 e. The summed E-state index contributed by atoms with van der Waals surface area (Å²) in [5, 5.41) is 7.55. The molecule has 0 saturated heterocycles. The molecule has 0 fully saturated rings. The van der Waals surface area contributed by atoms with Gasteiger partial charge in [-0.05, 0) is 110 Å². The molecule has 0 spiro atoms. The molecule has 12 rings (SSSR count). The van der Waals surface area contributed by atoms with Crippen molar-refractivity contribution in [1.82, 2.24) is 4.57 Å². The fourth-order valence-electron chi connectivity index (χ4n) is 9.79. The van der Waals surface area contributed by atoms with Crippen molar-refractivity contribution < 1.29 is 0 Å². The van der Waals surface area contributed by atoms with Crippen LogP contribution in [0.4, 0.5) is 17.1 Å². The van der Waals surface area contributed by atoms with E-state index in [0.29, 0.717) is 0 Å². The first-order valence-corrected chi connectivity index (χ1v) is 22.0. The minimum Gasteiger partial charge on any atom is -0.310 e. The van der Waals surface area contributed by atoms with Crippen molar-refractivity contribution in [1.29, 1.82) is 0 Å². The zero-order valence-electron chi connectivity index (χ0n) is 35.1. The highest BCUT2D eigenvalue weighted by Gasteiger charge is 2.21. The Hall–Kier alpha value is -8.46. The lowest BCUT2D eigenvalue weighted by Gasteiger charge is -2.29. The normalized spacial score (nSPS) is 11.4. The topological polar surface area (TPSA) is 8.17 Å². The molecule has 0 aliphatic heterocycles. The van der Waals surface area contributed by atoms with E-state index in [4.69, 9.17) is 0 Å². The second-order valence-electron chi connectivity index (χ2n) is 16.5. The van der Waals surface area contributed by atoms with Crippen LogP contribution in [-0.4, -0.2) is 4.57 Å². The summed E-state index contributed by atoms with van der Waals surface area (Å²) in [4.78, 5) is 2.41. The fourth-order valence-corrected chi connectivity index (χ4v) is 9.79. The molecule has 0 unspecified atom stereocenters. The molecule has 2 nitrogen and oxygen atoms in total. The van der Waals surface area contributed by atoms with E-state index in [2.05, 4.69) is 264 Å². The molecule has 0 bridgehead atoms. The van der Waals surface area contributed by atoms with Crippen LogP contribution >= 0.6 is 0 Å². The van der Waals surface area contributed by atoms with Gasteiger partial charge in [-0.25, -0.2) is 0 Å². The average molecular weight is 815 g/mol. The highest BCUT2D eigenvalue weighted by molar-refractivity contribution is 6.21. The second-order valence-corrected chi connectivity index (χ2v) is 16.5. The van der Waals surface area contributed by atoms with Crippen LogP contribution in [0.25, 0.3) is 93.5 Å². The molecule has 0 aliphatic rings. The molecule has 0 atom stereocenters. The van der Waals surface area contributed by atoms with Crippen molar-refractivity contribution in [2.24, 2.45) is 0 Å². The SMILES string of the molecule is c1ccc(-c2ccc(N(c3ccc(-c4ccccc4-n4c5ccccc5c5c6ccccc6ccc54)cc3)c3ccc(-c4cccc5ccccc45)cc3-c3ccccc3)cc2)cc1. The van der Waals surface area contributed by atoms with E-state index in [0.717, 1.165) is 39.4 Å². The van der Waals surface area contributed by atoms with Gasteiger partial charge >= 0.3 is 0 Å². The molecule has 0 amide bonds. The molecule has 2 heteroatoms. The van der Waals surface area contributed by atoms with Gasteiger partial charge in [0, 0.05) is 33.3 Å². The molecular formula is C62H42N2. The van der Waals surface area contributed by atoms with E-state index < -0.39 is 0 Å². The molecule has 0 N–H and O–H groups in total. The maximum absolute atomic E-state index is 2.45. The Kier molecular flexibility index (Phi) is 9.20. The van der Waals surface area contributed by atoms with Gasteiger partial charge in [0.1, 0.15) is 0 Å². The van der Waals surface area contributed by atoms with Crippen molar-refractivity contribution in [2.45, 2.75) is 0 Å². The Morgan fingerprint density at radius 1 is 0.281 bits per heavy atom. The first-order chi connectivity index (χ1) is 31.8. The Labute approximate surface area is 373 Å². The van der Waals surface area contributed by atoms with Crippen molar-refractivity contribution in [3.8, 4) is 50.2 Å². The maximum Gasteiger partial charge on any atom is 0.0547 e. The first-order valence-electron chi connectivity index (χ1n) is 22.0. The summed E-state index contributed by atoms with van der Waals surface area (Å²) >= 11 is 0. The standard InChI is InChI=1S/C62H42N2/c1-3-16-43(17-4-1)44-30-36-50(37-31-44)63(60-40-35-49(42-57(60)46-18-5-2-6-19-46)53-27-15-22-45-20-7-9-23-52(45)53)51-38-32-48(33-39-51)54-24-11-13-28-58(54)64-59-29-14-12-26-56(59)62-55-25-10-8-21-47(55)34-41-61(62)64/h1-42H. The summed E-state index contributed by atoms with van der Waals surface area (Å²) in [5.74, 6) is 0. The van der Waals surface area contributed by atoms with Crippen LogP contribution < -0.4 is 4.90 Å². The third kappa shape index (κ3) is 6.44. The molecule has 0 saturated carbocycles. The number of hydrogen-bond donors (Lipinski definition) is 0. The lowest BCUT2D eigenvalue weighted by atomic mass is 9.93. The lowest BCUT2D eigenvalue weighted by Crippen LogP contribution is -2.11. The summed E-state index contributed by atoms with van der Waals surface area (Å²) < 4.78 is 2.45. The first kappa shape index (κ1) is 37.3. The monoisotopic (exact) mass is 814 g/mol. The zero-order chi connectivity index (χ0) is 42.4. The van der Waals surface area contributed by atoms with E-state index in [-0.39, 0.29) is 0 Å². The molecule has 300 valence electrons. The molecule has 1 heterocycles. The molecule has 12 aromatic rings. The minimum absolute atomic E-state index is 1.08. The number of hydrogen-bond acceptors (Lipinski definition) is 1. The number of fused-ring (bicyclic) bond motifs is 6. The van der Waals surface area contributed by atoms with Crippen LogP contribution in [0.15, 0.2) is 255 Å². The Bertz CT molecular complexity index is 3640. The van der Waals surface area contributed by atoms with Crippen LogP contribution in [0.3, 0.4) is 0 Å². The van der Waals surface area contributed by atoms with Gasteiger partial charge < -0.3 is 9.47 Å². The minimum atomic E-state index is 1.08. The highest BCUT2D eigenvalue weighted by Crippen LogP contribution is 2.45. The van der Waals surface area contributed by atoms with Gasteiger partial charge in [0.15, 0.2) is 0 Å². The van der Waals surface area contributed by atoms with Gasteiger partial charge in [-0.15, -0.1) is 0 Å². The van der Waals surface area contributed by atoms with E-state index in [1.54, 1.807) is 0 Å². The van der Waals surface area contributed by atoms with Gasteiger partial charge in [0.05, 0.1) is 22.4 Å². The fraction of sp³-hybridized carbons (Fsp3) is 0. The molecular weight excluding hydrogens is 773 g/mol. The van der Waals surface area contributed by atoms with Crippen molar-refractivity contribution >= 4 is 60.4 Å². The summed E-state index contributed by atoms with van der Waals surface area (Å²) in [6.45, 7) is 0. The number of nitrogens with zero attached hydrogens (tertiary/aromatic N) is 2. The summed E-state index contributed by atoms with van der Waals surface area (Å²) in [7, 11) is 0. The third-order valence-corrected chi connectivity index (χ3v) is 12.8. The number of aromatic nitrogens is 1. The lowest BCUT2D eigenvalue weighted by molar-refractivity contribution is 1.18. The zero-order valence-corrected chi connectivity index (χ0v) is 35.1. The number of rotatable bonds is 8. The summed E-state index contributed by atoms with van der Waals surface area (Å²) in [6, 6.07) is 92.7. The maximum atomic E-state index is 2.45. The third-order valence-electron chi connectivity index (χ3n) is 12.8.